The van der Waals surface area contributed by atoms with Gasteiger partial charge in [0.15, 0.2) is 5.82 Å². The molecule has 0 aliphatic carbocycles. The van der Waals surface area contributed by atoms with E-state index in [0.29, 0.717) is 17.6 Å². The van der Waals surface area contributed by atoms with Gasteiger partial charge in [0, 0.05) is 11.9 Å². The maximum Gasteiger partial charge on any atom is 0.271 e. The fraction of sp³-hybridized carbons (Fsp3) is 0.556. The van der Waals surface area contributed by atoms with E-state index in [0.717, 1.165) is 0 Å². The van der Waals surface area contributed by atoms with E-state index in [-0.39, 0.29) is 16.6 Å². The quantitative estimate of drug-likeness (QED) is 0.804. The first-order valence-corrected chi connectivity index (χ1v) is 5.53. The highest BCUT2D eigenvalue weighted by Gasteiger charge is 2.15. The van der Waals surface area contributed by atoms with Gasteiger partial charge in [0.1, 0.15) is 5.02 Å². The van der Waals surface area contributed by atoms with Crippen LogP contribution in [0.3, 0.4) is 0 Å². The lowest BCUT2D eigenvalue weighted by atomic mass is 10.1. The lowest BCUT2D eigenvalue weighted by Crippen LogP contribution is -2.29. The number of anilines is 1. The summed E-state index contributed by atoms with van der Waals surface area (Å²) in [6, 6.07) is 0.0402. The fourth-order valence-corrected chi connectivity index (χ4v) is 1.63. The molecule has 4 nitrogen and oxygen atoms in total. The molecule has 84 valence electrons. The van der Waals surface area contributed by atoms with Crippen LogP contribution in [0.2, 0.25) is 5.02 Å². The molecule has 1 unspecified atom stereocenters. The Morgan fingerprint density at radius 3 is 2.80 bits per heavy atom. The van der Waals surface area contributed by atoms with Crippen molar-refractivity contribution in [2.75, 3.05) is 11.2 Å². The Morgan fingerprint density at radius 1 is 1.60 bits per heavy atom. The molecule has 0 saturated heterocycles. The molecule has 15 heavy (non-hydrogen) atoms. The second-order valence-corrected chi connectivity index (χ2v) is 4.23. The van der Waals surface area contributed by atoms with Crippen LogP contribution < -0.4 is 10.9 Å². The Morgan fingerprint density at radius 2 is 2.27 bits per heavy atom. The molecule has 1 aromatic rings. The van der Waals surface area contributed by atoms with E-state index in [2.05, 4.69) is 15.3 Å². The number of H-pyrrole nitrogens is 1. The molecule has 0 amide bonds. The first kappa shape index (κ1) is 12.3. The number of hydrogen-bond acceptors (Lipinski definition) is 3. The van der Waals surface area contributed by atoms with Crippen LogP contribution in [-0.4, -0.2) is 21.9 Å². The minimum absolute atomic E-state index is 0.0402. The number of nitrogens with zero attached hydrogens (tertiary/aromatic N) is 1. The van der Waals surface area contributed by atoms with Gasteiger partial charge in [-0.15, -0.1) is 11.6 Å². The second-order valence-electron chi connectivity index (χ2n) is 3.54. The first-order valence-electron chi connectivity index (χ1n) is 4.62. The average Bonchev–Trinajstić information content (AvgIpc) is 2.19. The van der Waals surface area contributed by atoms with Gasteiger partial charge in [-0.05, 0) is 5.92 Å². The summed E-state index contributed by atoms with van der Waals surface area (Å²) in [4.78, 5) is 17.5. The molecule has 0 fully saturated rings. The van der Waals surface area contributed by atoms with Gasteiger partial charge in [-0.2, -0.15) is 0 Å². The highest BCUT2D eigenvalue weighted by Crippen LogP contribution is 2.16. The van der Waals surface area contributed by atoms with Gasteiger partial charge in [0.25, 0.3) is 5.56 Å². The molecule has 0 radical (unpaired) electrons. The third-order valence-corrected chi connectivity index (χ3v) is 2.77. The zero-order chi connectivity index (χ0) is 11.4. The van der Waals surface area contributed by atoms with Crippen molar-refractivity contribution in [3.05, 3.63) is 21.7 Å². The summed E-state index contributed by atoms with van der Waals surface area (Å²) in [7, 11) is 0. The maximum atomic E-state index is 11.2. The number of nitrogens with one attached hydrogen (secondary N) is 2. The molecule has 0 aliphatic rings. The topological polar surface area (TPSA) is 57.8 Å². The summed E-state index contributed by atoms with van der Waals surface area (Å²) in [6.07, 6.45) is 1.31. The van der Waals surface area contributed by atoms with Crippen molar-refractivity contribution in [2.45, 2.75) is 19.9 Å². The largest absolute Gasteiger partial charge is 0.364 e. The standard InChI is InChI=1S/C9H13Cl2N3O/c1-5(2)6(3-10)14-8-7(11)9(15)13-4-12-8/h4-6H,3H2,1-2H3,(H2,12,13,14,15). The molecule has 1 aromatic heterocycles. The van der Waals surface area contributed by atoms with Crippen molar-refractivity contribution in [2.24, 2.45) is 5.92 Å². The van der Waals surface area contributed by atoms with Gasteiger partial charge in [0.05, 0.1) is 6.33 Å². The van der Waals surface area contributed by atoms with Gasteiger partial charge in [-0.3, -0.25) is 4.79 Å². The van der Waals surface area contributed by atoms with Gasteiger partial charge >= 0.3 is 0 Å². The third-order valence-electron chi connectivity index (χ3n) is 2.09. The molecule has 0 aliphatic heterocycles. The highest BCUT2D eigenvalue weighted by atomic mass is 35.5. The average molecular weight is 250 g/mol. The molecule has 0 spiro atoms. The van der Waals surface area contributed by atoms with Crippen LogP contribution in [0.15, 0.2) is 11.1 Å². The number of aromatic amines is 1. The summed E-state index contributed by atoms with van der Waals surface area (Å²) in [5.41, 5.74) is -0.355. The molecule has 0 saturated carbocycles. The van der Waals surface area contributed by atoms with E-state index in [4.69, 9.17) is 23.2 Å². The minimum atomic E-state index is -0.355. The third kappa shape index (κ3) is 3.11. The Hall–Kier alpha value is -0.740. The molecular weight excluding hydrogens is 237 g/mol. The van der Waals surface area contributed by atoms with Crippen molar-refractivity contribution in [1.29, 1.82) is 0 Å². The van der Waals surface area contributed by atoms with E-state index >= 15 is 0 Å². The van der Waals surface area contributed by atoms with Crippen LogP contribution in [0.1, 0.15) is 13.8 Å². The molecule has 2 N–H and O–H groups in total. The fourth-order valence-electron chi connectivity index (χ4n) is 1.04. The Bertz CT molecular complexity index is 378. The summed E-state index contributed by atoms with van der Waals surface area (Å²) >= 11 is 11.6. The number of halogens is 2. The zero-order valence-corrected chi connectivity index (χ0v) is 10.1. The number of aromatic nitrogens is 2. The van der Waals surface area contributed by atoms with E-state index < -0.39 is 0 Å². The van der Waals surface area contributed by atoms with Crippen LogP contribution in [-0.2, 0) is 0 Å². The smallest absolute Gasteiger partial charge is 0.271 e. The lowest BCUT2D eigenvalue weighted by molar-refractivity contribution is 0.562. The van der Waals surface area contributed by atoms with E-state index in [1.54, 1.807) is 0 Å². The van der Waals surface area contributed by atoms with Gasteiger partial charge in [-0.1, -0.05) is 25.4 Å². The molecule has 0 bridgehead atoms. The van der Waals surface area contributed by atoms with Crippen molar-refractivity contribution in [3.8, 4) is 0 Å². The zero-order valence-electron chi connectivity index (χ0n) is 8.55. The van der Waals surface area contributed by atoms with Crippen LogP contribution in [0.25, 0.3) is 0 Å². The Kier molecular flexibility index (Phi) is 4.42. The number of hydrogen-bond donors (Lipinski definition) is 2. The SMILES string of the molecule is CC(C)C(CCl)Nc1nc[nH]c(=O)c1Cl. The summed E-state index contributed by atoms with van der Waals surface area (Å²) in [6.45, 7) is 4.06. The normalized spacial score (nSPS) is 12.9. The highest BCUT2D eigenvalue weighted by molar-refractivity contribution is 6.32. The number of alkyl halides is 1. The summed E-state index contributed by atoms with van der Waals surface area (Å²) in [5.74, 6) is 1.14. The van der Waals surface area contributed by atoms with Gasteiger partial charge < -0.3 is 10.3 Å². The summed E-state index contributed by atoms with van der Waals surface area (Å²) < 4.78 is 0. The van der Waals surface area contributed by atoms with Crippen molar-refractivity contribution in [1.82, 2.24) is 9.97 Å². The van der Waals surface area contributed by atoms with Crippen LogP contribution in [0, 0.1) is 5.92 Å². The predicted molar refractivity (Wildman–Crippen MR) is 62.8 cm³/mol. The maximum absolute atomic E-state index is 11.2. The van der Waals surface area contributed by atoms with Crippen LogP contribution in [0.5, 0.6) is 0 Å². The first-order chi connectivity index (χ1) is 7.06. The molecule has 6 heteroatoms. The van der Waals surface area contributed by atoms with Crippen molar-refractivity contribution >= 4 is 29.0 Å². The van der Waals surface area contributed by atoms with E-state index in [1.807, 2.05) is 13.8 Å². The lowest BCUT2D eigenvalue weighted by Gasteiger charge is -2.20. The summed E-state index contributed by atoms with van der Waals surface area (Å²) in [5, 5.41) is 3.11. The molecule has 0 aromatic carbocycles. The molecular formula is C9H13Cl2N3O. The minimum Gasteiger partial charge on any atom is -0.364 e. The Balaban J connectivity index is 2.88. The monoisotopic (exact) mass is 249 g/mol. The Labute approximate surface area is 98.0 Å². The van der Waals surface area contributed by atoms with Gasteiger partial charge in [-0.25, -0.2) is 4.98 Å². The second kappa shape index (κ2) is 5.37. The molecule has 1 atom stereocenters. The van der Waals surface area contributed by atoms with Gasteiger partial charge in [0.2, 0.25) is 0 Å². The number of rotatable bonds is 4. The van der Waals surface area contributed by atoms with E-state index in [1.165, 1.54) is 6.33 Å². The van der Waals surface area contributed by atoms with Crippen LogP contribution >= 0.6 is 23.2 Å². The molecule has 1 rings (SSSR count). The van der Waals surface area contributed by atoms with Crippen molar-refractivity contribution in [3.63, 3.8) is 0 Å². The van der Waals surface area contributed by atoms with Crippen LogP contribution in [0.4, 0.5) is 5.82 Å². The van der Waals surface area contributed by atoms with E-state index in [9.17, 15) is 4.79 Å². The predicted octanol–water partition coefficient (Wildman–Crippen LogP) is 2.10. The molecule has 1 heterocycles. The van der Waals surface area contributed by atoms with Crippen molar-refractivity contribution < 1.29 is 0 Å².